The second-order valence-corrected chi connectivity index (χ2v) is 4.71. The van der Waals surface area contributed by atoms with Gasteiger partial charge in [0, 0.05) is 18.7 Å². The molecule has 0 saturated heterocycles. The number of hydrogen-bond acceptors (Lipinski definition) is 3. The number of aromatic nitrogens is 2. The Balaban J connectivity index is 2.23. The van der Waals surface area contributed by atoms with Crippen LogP contribution in [0.3, 0.4) is 0 Å². The summed E-state index contributed by atoms with van der Waals surface area (Å²) in [6.07, 6.45) is 3.45. The van der Waals surface area contributed by atoms with Crippen LogP contribution in [0, 0.1) is 0 Å². The second kappa shape index (κ2) is 4.05. The third-order valence-corrected chi connectivity index (χ3v) is 3.64. The van der Waals surface area contributed by atoms with Gasteiger partial charge in [0.25, 0.3) is 0 Å². The highest BCUT2D eigenvalue weighted by molar-refractivity contribution is 5.75. The van der Waals surface area contributed by atoms with E-state index in [-0.39, 0.29) is 0 Å². The van der Waals surface area contributed by atoms with Crippen LogP contribution in [0.2, 0.25) is 0 Å². The van der Waals surface area contributed by atoms with Crippen LogP contribution in [0.1, 0.15) is 17.5 Å². The zero-order chi connectivity index (χ0) is 12.7. The van der Waals surface area contributed by atoms with Crippen molar-refractivity contribution in [3.63, 3.8) is 0 Å². The number of fused-ring (bicyclic) bond motifs is 1. The lowest BCUT2D eigenvalue weighted by Crippen LogP contribution is -1.98. The van der Waals surface area contributed by atoms with E-state index < -0.39 is 0 Å². The molecule has 0 radical (unpaired) electrons. The van der Waals surface area contributed by atoms with E-state index in [1.54, 1.807) is 11.8 Å². The van der Waals surface area contributed by atoms with E-state index in [1.807, 2.05) is 19.2 Å². The highest BCUT2D eigenvalue weighted by Crippen LogP contribution is 2.39. The van der Waals surface area contributed by atoms with Crippen LogP contribution < -0.4 is 10.5 Å². The van der Waals surface area contributed by atoms with Crippen molar-refractivity contribution >= 4 is 5.82 Å². The van der Waals surface area contributed by atoms with Crippen molar-refractivity contribution in [2.45, 2.75) is 19.3 Å². The molecule has 18 heavy (non-hydrogen) atoms. The Hall–Kier alpha value is -1.97. The molecule has 2 N–H and O–H groups in total. The van der Waals surface area contributed by atoms with Crippen LogP contribution in [-0.4, -0.2) is 16.9 Å². The Labute approximate surface area is 106 Å². The first-order chi connectivity index (χ1) is 8.70. The smallest absolute Gasteiger partial charge is 0.128 e. The van der Waals surface area contributed by atoms with Crippen molar-refractivity contribution in [1.82, 2.24) is 9.78 Å². The average molecular weight is 243 g/mol. The quantitative estimate of drug-likeness (QED) is 0.879. The molecule has 0 amide bonds. The number of anilines is 1. The van der Waals surface area contributed by atoms with Gasteiger partial charge < -0.3 is 10.5 Å². The van der Waals surface area contributed by atoms with Gasteiger partial charge in [0.2, 0.25) is 0 Å². The standard InChI is InChI=1S/C14H17N3O/c1-17-13(15)8-11(16-17)14-10-5-3-4-9(10)6-7-12(14)18-2/h6-8H,3-5,15H2,1-2H3. The van der Waals surface area contributed by atoms with E-state index in [1.165, 1.54) is 17.5 Å². The molecular weight excluding hydrogens is 226 g/mol. The van der Waals surface area contributed by atoms with Gasteiger partial charge in [-0.05, 0) is 36.5 Å². The molecule has 1 aliphatic rings. The number of benzene rings is 1. The molecule has 2 aromatic rings. The van der Waals surface area contributed by atoms with E-state index in [0.29, 0.717) is 5.82 Å². The van der Waals surface area contributed by atoms with Crippen molar-refractivity contribution in [3.05, 3.63) is 29.3 Å². The normalized spacial score (nSPS) is 13.7. The van der Waals surface area contributed by atoms with E-state index >= 15 is 0 Å². The van der Waals surface area contributed by atoms with Gasteiger partial charge in [-0.3, -0.25) is 4.68 Å². The first kappa shape index (κ1) is 11.1. The Kier molecular flexibility index (Phi) is 2.51. The summed E-state index contributed by atoms with van der Waals surface area (Å²) in [6, 6.07) is 6.11. The minimum Gasteiger partial charge on any atom is -0.496 e. The minimum atomic E-state index is 0.669. The molecule has 94 valence electrons. The molecule has 0 aliphatic heterocycles. The fourth-order valence-electron chi connectivity index (χ4n) is 2.70. The van der Waals surface area contributed by atoms with Crippen LogP contribution >= 0.6 is 0 Å². The molecule has 0 unspecified atom stereocenters. The maximum absolute atomic E-state index is 5.87. The SMILES string of the molecule is COc1ccc2c(c1-c1cc(N)n(C)n1)CCC2. The Morgan fingerprint density at radius 2 is 2.17 bits per heavy atom. The van der Waals surface area contributed by atoms with Crippen molar-refractivity contribution < 1.29 is 4.74 Å². The summed E-state index contributed by atoms with van der Waals surface area (Å²) in [7, 11) is 3.56. The monoisotopic (exact) mass is 243 g/mol. The number of nitrogen functional groups attached to an aromatic ring is 1. The molecule has 1 aromatic carbocycles. The molecule has 0 bridgehead atoms. The van der Waals surface area contributed by atoms with Crippen LogP contribution in [-0.2, 0) is 19.9 Å². The zero-order valence-electron chi connectivity index (χ0n) is 10.7. The lowest BCUT2D eigenvalue weighted by molar-refractivity contribution is 0.416. The van der Waals surface area contributed by atoms with Gasteiger partial charge in [0.1, 0.15) is 11.6 Å². The van der Waals surface area contributed by atoms with E-state index in [4.69, 9.17) is 10.5 Å². The summed E-state index contributed by atoms with van der Waals surface area (Å²) in [4.78, 5) is 0. The molecule has 0 fully saturated rings. The first-order valence-corrected chi connectivity index (χ1v) is 6.19. The fraction of sp³-hybridized carbons (Fsp3) is 0.357. The minimum absolute atomic E-state index is 0.669. The molecule has 1 heterocycles. The van der Waals surface area contributed by atoms with Gasteiger partial charge in [0.15, 0.2) is 0 Å². The second-order valence-electron chi connectivity index (χ2n) is 4.71. The summed E-state index contributed by atoms with van der Waals surface area (Å²) in [5.41, 5.74) is 10.7. The highest BCUT2D eigenvalue weighted by atomic mass is 16.5. The summed E-state index contributed by atoms with van der Waals surface area (Å²) < 4.78 is 7.18. The Morgan fingerprint density at radius 3 is 2.83 bits per heavy atom. The van der Waals surface area contributed by atoms with Crippen LogP contribution in [0.5, 0.6) is 5.75 Å². The molecule has 0 saturated carbocycles. The van der Waals surface area contributed by atoms with Crippen LogP contribution in [0.25, 0.3) is 11.3 Å². The van der Waals surface area contributed by atoms with Crippen molar-refractivity contribution in [2.24, 2.45) is 7.05 Å². The van der Waals surface area contributed by atoms with Crippen molar-refractivity contribution in [2.75, 3.05) is 12.8 Å². The Bertz CT molecular complexity index is 582. The summed E-state index contributed by atoms with van der Waals surface area (Å²) in [6.45, 7) is 0. The molecule has 3 rings (SSSR count). The summed E-state index contributed by atoms with van der Waals surface area (Å²) in [5, 5.41) is 4.48. The van der Waals surface area contributed by atoms with Crippen molar-refractivity contribution in [3.8, 4) is 17.0 Å². The third-order valence-electron chi connectivity index (χ3n) is 3.64. The van der Waals surface area contributed by atoms with Gasteiger partial charge >= 0.3 is 0 Å². The number of hydrogen-bond donors (Lipinski definition) is 1. The largest absolute Gasteiger partial charge is 0.496 e. The number of rotatable bonds is 2. The molecule has 4 heteroatoms. The topological polar surface area (TPSA) is 53.1 Å². The number of nitrogens with zero attached hydrogens (tertiary/aromatic N) is 2. The molecule has 1 aromatic heterocycles. The summed E-state index contributed by atoms with van der Waals surface area (Å²) in [5.74, 6) is 1.55. The van der Waals surface area contributed by atoms with E-state index in [9.17, 15) is 0 Å². The molecule has 1 aliphatic carbocycles. The van der Waals surface area contributed by atoms with Crippen LogP contribution in [0.4, 0.5) is 5.82 Å². The lowest BCUT2D eigenvalue weighted by Gasteiger charge is -2.11. The number of methoxy groups -OCH3 is 1. The van der Waals surface area contributed by atoms with Gasteiger partial charge in [-0.25, -0.2) is 0 Å². The molecule has 0 atom stereocenters. The lowest BCUT2D eigenvalue weighted by atomic mass is 9.99. The Morgan fingerprint density at radius 1 is 1.33 bits per heavy atom. The maximum atomic E-state index is 5.87. The highest BCUT2D eigenvalue weighted by Gasteiger charge is 2.21. The first-order valence-electron chi connectivity index (χ1n) is 6.19. The van der Waals surface area contributed by atoms with Gasteiger partial charge in [0.05, 0.1) is 12.8 Å². The number of ether oxygens (including phenoxy) is 1. The fourth-order valence-corrected chi connectivity index (χ4v) is 2.70. The van der Waals surface area contributed by atoms with E-state index in [2.05, 4.69) is 11.2 Å². The van der Waals surface area contributed by atoms with E-state index in [0.717, 1.165) is 29.8 Å². The maximum Gasteiger partial charge on any atom is 0.128 e. The summed E-state index contributed by atoms with van der Waals surface area (Å²) >= 11 is 0. The predicted molar refractivity (Wildman–Crippen MR) is 71.6 cm³/mol. The third kappa shape index (κ3) is 1.56. The molecular formula is C14H17N3O. The van der Waals surface area contributed by atoms with Gasteiger partial charge in [-0.2, -0.15) is 5.10 Å². The van der Waals surface area contributed by atoms with Crippen molar-refractivity contribution in [1.29, 1.82) is 0 Å². The number of nitrogens with two attached hydrogens (primary N) is 1. The van der Waals surface area contributed by atoms with Gasteiger partial charge in [-0.1, -0.05) is 6.07 Å². The predicted octanol–water partition coefficient (Wildman–Crippen LogP) is 2.17. The molecule has 0 spiro atoms. The zero-order valence-corrected chi connectivity index (χ0v) is 10.7. The molecule has 4 nitrogen and oxygen atoms in total. The number of aryl methyl sites for hydroxylation is 2. The van der Waals surface area contributed by atoms with Crippen LogP contribution in [0.15, 0.2) is 18.2 Å². The van der Waals surface area contributed by atoms with Gasteiger partial charge in [-0.15, -0.1) is 0 Å². The average Bonchev–Trinajstić information content (AvgIpc) is 2.95.